The molecule has 0 heteroatoms. The fourth-order valence-corrected chi connectivity index (χ4v) is 1.77. The highest BCUT2D eigenvalue weighted by molar-refractivity contribution is 5.46. The first-order valence-corrected chi connectivity index (χ1v) is 10.2. The van der Waals surface area contributed by atoms with Gasteiger partial charge in [0.25, 0.3) is 0 Å². The maximum Gasteiger partial charge on any atom is -0.0263 e. The summed E-state index contributed by atoms with van der Waals surface area (Å²) in [5.41, 5.74) is 3.52. The molecule has 0 aliphatic heterocycles. The highest BCUT2D eigenvalue weighted by Gasteiger charge is 1.77. The van der Waals surface area contributed by atoms with Crippen molar-refractivity contribution in [2.75, 3.05) is 0 Å². The van der Waals surface area contributed by atoms with E-state index in [1.165, 1.54) is 23.1 Å². The van der Waals surface area contributed by atoms with Crippen molar-refractivity contribution in [2.24, 2.45) is 0 Å². The fraction of sp³-hybridized carbons (Fsp3) is 0.133. The Balaban J connectivity index is 0. The Morgan fingerprint density at radius 2 is 0.667 bits per heavy atom. The quantitative estimate of drug-likeness (QED) is 0.385. The van der Waals surface area contributed by atoms with Gasteiger partial charge >= 0.3 is 0 Å². The third kappa shape index (κ3) is 19.4. The van der Waals surface area contributed by atoms with Gasteiger partial charge in [0.15, 0.2) is 0 Å². The van der Waals surface area contributed by atoms with Crippen molar-refractivity contribution in [3.8, 4) is 0 Å². The van der Waals surface area contributed by atoms with Gasteiger partial charge in [0.2, 0.25) is 0 Å². The van der Waals surface area contributed by atoms with Crippen LogP contribution < -0.4 is 0 Å². The summed E-state index contributed by atoms with van der Waals surface area (Å²) in [5.74, 6) is 0. The van der Waals surface area contributed by atoms with Gasteiger partial charge in [-0.15, -0.1) is 6.58 Å². The molecular weight excluding hydrogens is 360 g/mol. The number of hydrogen-bond acceptors (Lipinski definition) is 0. The van der Waals surface area contributed by atoms with Gasteiger partial charge in [-0.2, -0.15) is 0 Å². The van der Waals surface area contributed by atoms with Gasteiger partial charge in [-0.05, 0) is 23.6 Å². The van der Waals surface area contributed by atoms with Crippen LogP contribution in [0.25, 0.3) is 18.2 Å². The second kappa shape index (κ2) is 23.7. The maximum absolute atomic E-state index is 3.63. The molecule has 158 valence electrons. The van der Waals surface area contributed by atoms with E-state index in [9.17, 15) is 0 Å². The summed E-state index contributed by atoms with van der Waals surface area (Å²) in [6.45, 7) is 20.4. The van der Waals surface area contributed by atoms with E-state index < -0.39 is 0 Å². The fourth-order valence-electron chi connectivity index (χ4n) is 1.77. The van der Waals surface area contributed by atoms with Gasteiger partial charge < -0.3 is 0 Å². The van der Waals surface area contributed by atoms with Crippen LogP contribution in [-0.2, 0) is 0 Å². The van der Waals surface area contributed by atoms with E-state index in [2.05, 4.69) is 40.2 Å². The van der Waals surface area contributed by atoms with Gasteiger partial charge in [0.05, 0.1) is 0 Å². The Morgan fingerprint density at radius 3 is 0.767 bits per heavy atom. The molecule has 3 rings (SSSR count). The number of rotatable bonds is 3. The SMILES string of the molecule is C=CC.C=Cc1ccccc1.C=Cc1ccccc1.C=Cc1ccccc1.CCC. The van der Waals surface area contributed by atoms with E-state index in [1.54, 1.807) is 6.08 Å². The summed E-state index contributed by atoms with van der Waals surface area (Å²) in [4.78, 5) is 0. The van der Waals surface area contributed by atoms with Crippen LogP contribution >= 0.6 is 0 Å². The van der Waals surface area contributed by atoms with Crippen LogP contribution in [0.4, 0.5) is 0 Å². The van der Waals surface area contributed by atoms with Crippen molar-refractivity contribution >= 4 is 18.2 Å². The van der Waals surface area contributed by atoms with E-state index in [0.717, 1.165) is 0 Å². The lowest BCUT2D eigenvalue weighted by atomic mass is 10.2. The number of hydrogen-bond donors (Lipinski definition) is 0. The van der Waals surface area contributed by atoms with Crippen molar-refractivity contribution < 1.29 is 0 Å². The smallest absolute Gasteiger partial charge is 0.0263 e. The Hall–Kier alpha value is -3.38. The zero-order chi connectivity index (χ0) is 22.9. The van der Waals surface area contributed by atoms with Gasteiger partial charge in [-0.3, -0.25) is 0 Å². The summed E-state index contributed by atoms with van der Waals surface area (Å²) in [6.07, 6.45) is 8.50. The Labute approximate surface area is 185 Å². The van der Waals surface area contributed by atoms with Gasteiger partial charge in [0, 0.05) is 0 Å². The van der Waals surface area contributed by atoms with Crippen molar-refractivity contribution in [1.29, 1.82) is 0 Å². The predicted octanol–water partition coefficient (Wildman–Crippen LogP) is 9.60. The normalized spacial score (nSPS) is 7.83. The molecule has 0 saturated heterocycles. The van der Waals surface area contributed by atoms with Crippen molar-refractivity contribution in [3.63, 3.8) is 0 Å². The average Bonchev–Trinajstić information content (AvgIpc) is 2.82. The van der Waals surface area contributed by atoms with Crippen LogP contribution in [0.2, 0.25) is 0 Å². The predicted molar refractivity (Wildman–Crippen MR) is 141 cm³/mol. The van der Waals surface area contributed by atoms with Crippen molar-refractivity contribution in [3.05, 3.63) is 140 Å². The molecule has 0 radical (unpaired) electrons. The number of benzene rings is 3. The molecule has 0 heterocycles. The van der Waals surface area contributed by atoms with E-state index >= 15 is 0 Å². The minimum atomic E-state index is 1.17. The third-order valence-corrected chi connectivity index (χ3v) is 3.11. The molecule has 0 unspecified atom stereocenters. The molecule has 0 N–H and O–H groups in total. The highest BCUT2D eigenvalue weighted by atomic mass is 13.8. The molecule has 0 aliphatic carbocycles. The monoisotopic (exact) mass is 398 g/mol. The Morgan fingerprint density at radius 1 is 0.500 bits per heavy atom. The van der Waals surface area contributed by atoms with Gasteiger partial charge in [-0.1, -0.05) is 155 Å². The van der Waals surface area contributed by atoms with Crippen LogP contribution in [0, 0.1) is 0 Å². The average molecular weight is 399 g/mol. The molecule has 0 aliphatic rings. The van der Waals surface area contributed by atoms with Gasteiger partial charge in [0.1, 0.15) is 0 Å². The molecule has 0 nitrogen and oxygen atoms in total. The van der Waals surface area contributed by atoms with E-state index in [4.69, 9.17) is 0 Å². The second-order valence-electron chi connectivity index (χ2n) is 5.96. The summed E-state index contributed by atoms with van der Waals surface area (Å²) in [7, 11) is 0. The van der Waals surface area contributed by atoms with Crippen LogP contribution in [0.5, 0.6) is 0 Å². The Bertz CT molecular complexity index is 649. The lowest BCUT2D eigenvalue weighted by molar-refractivity contribution is 1.09. The molecule has 30 heavy (non-hydrogen) atoms. The first-order valence-electron chi connectivity index (χ1n) is 10.2. The zero-order valence-corrected chi connectivity index (χ0v) is 19.0. The van der Waals surface area contributed by atoms with Crippen LogP contribution in [0.15, 0.2) is 123 Å². The summed E-state index contributed by atoms with van der Waals surface area (Å²) < 4.78 is 0. The molecular formula is C30H38. The van der Waals surface area contributed by atoms with E-state index in [1.807, 2.05) is 116 Å². The summed E-state index contributed by atoms with van der Waals surface area (Å²) in [5, 5.41) is 0. The van der Waals surface area contributed by atoms with Gasteiger partial charge in [-0.25, -0.2) is 0 Å². The topological polar surface area (TPSA) is 0 Å². The zero-order valence-electron chi connectivity index (χ0n) is 19.0. The highest BCUT2D eigenvalue weighted by Crippen LogP contribution is 1.98. The largest absolute Gasteiger partial charge is 0.103 e. The minimum Gasteiger partial charge on any atom is -0.103 e. The molecule has 0 amide bonds. The Kier molecular flexibility index (Phi) is 22.7. The first-order chi connectivity index (χ1) is 14.6. The third-order valence-electron chi connectivity index (χ3n) is 3.11. The minimum absolute atomic E-state index is 1.17. The lowest BCUT2D eigenvalue weighted by Crippen LogP contribution is -1.63. The molecule has 0 bridgehead atoms. The molecule has 3 aromatic rings. The molecule has 0 aromatic heterocycles. The summed E-state index contributed by atoms with van der Waals surface area (Å²) in [6, 6.07) is 30.1. The first kappa shape index (κ1) is 28.8. The lowest BCUT2D eigenvalue weighted by Gasteiger charge is -1.85. The van der Waals surface area contributed by atoms with Crippen molar-refractivity contribution in [2.45, 2.75) is 27.2 Å². The maximum atomic E-state index is 3.63. The van der Waals surface area contributed by atoms with Crippen LogP contribution in [0.1, 0.15) is 43.9 Å². The number of allylic oxidation sites excluding steroid dienone is 1. The van der Waals surface area contributed by atoms with Crippen molar-refractivity contribution in [1.82, 2.24) is 0 Å². The van der Waals surface area contributed by atoms with E-state index in [-0.39, 0.29) is 0 Å². The molecule has 0 saturated carbocycles. The molecule has 0 fully saturated rings. The van der Waals surface area contributed by atoms with E-state index in [0.29, 0.717) is 0 Å². The molecule has 3 aromatic carbocycles. The molecule has 0 spiro atoms. The molecule has 0 atom stereocenters. The summed E-state index contributed by atoms with van der Waals surface area (Å²) >= 11 is 0. The van der Waals surface area contributed by atoms with Crippen LogP contribution in [0.3, 0.4) is 0 Å². The van der Waals surface area contributed by atoms with Crippen LogP contribution in [-0.4, -0.2) is 0 Å². The standard InChI is InChI=1S/3C8H8.C3H8.C3H6/c3*1-2-8-6-4-3-5-7-8;2*1-3-2/h3*2-7H,1H2;3H2,1-2H3;3H,1H2,2H3. The second-order valence-corrected chi connectivity index (χ2v) is 5.96.